The van der Waals surface area contributed by atoms with Crippen molar-refractivity contribution in [2.45, 2.75) is 20.3 Å². The number of thiophene rings is 1. The van der Waals surface area contributed by atoms with Crippen LogP contribution in [0.3, 0.4) is 0 Å². The Morgan fingerprint density at radius 2 is 2.12 bits per heavy atom. The van der Waals surface area contributed by atoms with Gasteiger partial charge in [-0.2, -0.15) is 0 Å². The average Bonchev–Trinajstić information content (AvgIpc) is 2.92. The monoisotopic (exact) mass is 375 g/mol. The molecular formula is C17H18ClN5OS. The van der Waals surface area contributed by atoms with Crippen LogP contribution in [0.2, 0.25) is 5.02 Å². The first kappa shape index (κ1) is 17.4. The molecule has 1 aromatic carbocycles. The molecule has 0 unspecified atom stereocenters. The number of nitrogens with zero attached hydrogens (tertiary/aromatic N) is 2. The molecule has 1 amide bonds. The number of hydrogen-bond acceptors (Lipinski definition) is 6. The highest BCUT2D eigenvalue weighted by atomic mass is 35.5. The molecule has 0 fully saturated rings. The number of nitrogens with two attached hydrogens (primary N) is 2. The van der Waals surface area contributed by atoms with Crippen molar-refractivity contribution < 1.29 is 4.79 Å². The van der Waals surface area contributed by atoms with Gasteiger partial charge >= 0.3 is 0 Å². The largest absolute Gasteiger partial charge is 0.397 e. The Hall–Kier alpha value is -2.38. The summed E-state index contributed by atoms with van der Waals surface area (Å²) in [7, 11) is 0. The van der Waals surface area contributed by atoms with Crippen molar-refractivity contribution in [1.29, 1.82) is 0 Å². The number of nitrogens with one attached hydrogen (secondary N) is 1. The fourth-order valence-corrected chi connectivity index (χ4v) is 3.59. The number of aromatic nitrogens is 2. The lowest BCUT2D eigenvalue weighted by molar-refractivity contribution is 0.100. The Kier molecular flexibility index (Phi) is 4.78. The lowest BCUT2D eigenvalue weighted by Gasteiger charge is -2.09. The summed E-state index contributed by atoms with van der Waals surface area (Å²) in [4.78, 5) is 21.7. The van der Waals surface area contributed by atoms with Crippen LogP contribution >= 0.6 is 22.9 Å². The second-order valence-corrected chi connectivity index (χ2v) is 7.08. The van der Waals surface area contributed by atoms with Gasteiger partial charge in [0.1, 0.15) is 9.71 Å². The van der Waals surface area contributed by atoms with E-state index in [-0.39, 0.29) is 0 Å². The predicted octanol–water partition coefficient (Wildman–Crippen LogP) is 3.82. The summed E-state index contributed by atoms with van der Waals surface area (Å²) < 4.78 is 0. The van der Waals surface area contributed by atoms with E-state index in [1.807, 2.05) is 25.1 Å². The van der Waals surface area contributed by atoms with Crippen molar-refractivity contribution in [2.24, 2.45) is 5.73 Å². The van der Waals surface area contributed by atoms with E-state index in [9.17, 15) is 4.79 Å². The maximum Gasteiger partial charge on any atom is 0.260 e. The van der Waals surface area contributed by atoms with Crippen molar-refractivity contribution >= 4 is 50.7 Å². The summed E-state index contributed by atoms with van der Waals surface area (Å²) in [5.41, 5.74) is 14.4. The summed E-state index contributed by atoms with van der Waals surface area (Å²) >= 11 is 7.31. The molecule has 2 heterocycles. The molecule has 0 saturated heterocycles. The van der Waals surface area contributed by atoms with E-state index < -0.39 is 5.91 Å². The van der Waals surface area contributed by atoms with Gasteiger partial charge in [0.25, 0.3) is 5.91 Å². The second-order valence-electron chi connectivity index (χ2n) is 5.68. The number of hydrogen-bond donors (Lipinski definition) is 3. The van der Waals surface area contributed by atoms with E-state index in [1.165, 1.54) is 11.3 Å². The third-order valence-electron chi connectivity index (χ3n) is 3.78. The van der Waals surface area contributed by atoms with E-state index in [1.54, 1.807) is 0 Å². The minimum absolute atomic E-state index is 0.295. The fourth-order valence-electron chi connectivity index (χ4n) is 2.52. The number of carbonyl (C=O) groups is 1. The highest BCUT2D eigenvalue weighted by molar-refractivity contribution is 7.21. The third-order valence-corrected chi connectivity index (χ3v) is 5.31. The van der Waals surface area contributed by atoms with Crippen LogP contribution in [0.15, 0.2) is 18.2 Å². The molecule has 8 heteroatoms. The molecular weight excluding hydrogens is 358 g/mol. The van der Waals surface area contributed by atoms with Gasteiger partial charge < -0.3 is 16.8 Å². The second kappa shape index (κ2) is 6.85. The number of nitrogen functional groups attached to an aromatic ring is 1. The summed E-state index contributed by atoms with van der Waals surface area (Å²) in [6, 6.07) is 5.63. The molecule has 25 heavy (non-hydrogen) atoms. The smallest absolute Gasteiger partial charge is 0.260 e. The van der Waals surface area contributed by atoms with E-state index >= 15 is 0 Å². The molecule has 130 valence electrons. The summed E-state index contributed by atoms with van der Waals surface area (Å²) in [5, 5.41) is 4.50. The normalized spacial score (nSPS) is 11.0. The fraction of sp³-hybridized carbons (Fsp3) is 0.235. The van der Waals surface area contributed by atoms with E-state index in [2.05, 4.69) is 22.2 Å². The maximum atomic E-state index is 11.7. The van der Waals surface area contributed by atoms with Gasteiger partial charge in [-0.25, -0.2) is 9.97 Å². The average molecular weight is 376 g/mol. The number of primary amides is 1. The van der Waals surface area contributed by atoms with Crippen LogP contribution in [-0.2, 0) is 0 Å². The van der Waals surface area contributed by atoms with Crippen LogP contribution < -0.4 is 16.8 Å². The van der Waals surface area contributed by atoms with E-state index in [0.717, 1.165) is 24.1 Å². The summed E-state index contributed by atoms with van der Waals surface area (Å²) in [5.74, 6) is -0.0731. The topological polar surface area (TPSA) is 107 Å². The highest BCUT2D eigenvalue weighted by Crippen LogP contribution is 2.39. The molecule has 0 atom stereocenters. The first-order valence-electron chi connectivity index (χ1n) is 7.82. The molecule has 3 aromatic rings. The molecule has 0 spiro atoms. The SMILES string of the molecule is CCCNc1nc(-c2ccc(Cl)c(C)c2)c2c(N)c(C(N)=O)sc2n1. The molecule has 0 aliphatic heterocycles. The molecule has 2 aromatic heterocycles. The van der Waals surface area contributed by atoms with Crippen molar-refractivity contribution in [3.05, 3.63) is 33.7 Å². The van der Waals surface area contributed by atoms with Gasteiger partial charge in [0.15, 0.2) is 0 Å². The van der Waals surface area contributed by atoms with Crippen LogP contribution in [0.4, 0.5) is 11.6 Å². The van der Waals surface area contributed by atoms with Gasteiger partial charge in [0.05, 0.1) is 16.8 Å². The molecule has 0 aliphatic carbocycles. The minimum Gasteiger partial charge on any atom is -0.397 e. The Morgan fingerprint density at radius 3 is 2.76 bits per heavy atom. The van der Waals surface area contributed by atoms with Gasteiger partial charge in [-0.05, 0) is 31.0 Å². The van der Waals surface area contributed by atoms with Gasteiger partial charge in [0.2, 0.25) is 5.95 Å². The minimum atomic E-state index is -0.568. The Labute approximate surface area is 154 Å². The van der Waals surface area contributed by atoms with Crippen molar-refractivity contribution in [2.75, 3.05) is 17.6 Å². The van der Waals surface area contributed by atoms with Gasteiger partial charge in [-0.15, -0.1) is 11.3 Å². The molecule has 3 rings (SSSR count). The van der Waals surface area contributed by atoms with Gasteiger partial charge in [0, 0.05) is 17.1 Å². The molecule has 6 nitrogen and oxygen atoms in total. The number of rotatable bonds is 5. The molecule has 0 radical (unpaired) electrons. The van der Waals surface area contributed by atoms with E-state index in [4.69, 9.17) is 23.1 Å². The van der Waals surface area contributed by atoms with Crippen LogP contribution in [0, 0.1) is 6.92 Å². The number of amides is 1. The van der Waals surface area contributed by atoms with E-state index in [0.29, 0.717) is 37.4 Å². The number of benzene rings is 1. The van der Waals surface area contributed by atoms with Crippen LogP contribution in [-0.4, -0.2) is 22.4 Å². The Bertz CT molecular complexity index is 969. The first-order valence-corrected chi connectivity index (χ1v) is 9.02. The molecule has 5 N–H and O–H groups in total. The lowest BCUT2D eigenvalue weighted by Crippen LogP contribution is -2.10. The quantitative estimate of drug-likeness (QED) is 0.628. The molecule has 0 bridgehead atoms. The standard InChI is InChI=1S/C17H18ClN5OS/c1-3-6-21-17-22-13(9-4-5-10(18)8(2)7-9)11-12(19)14(15(20)24)25-16(11)23-17/h4-5,7H,3,6,19H2,1-2H3,(H2,20,24)(H,21,22,23). The maximum absolute atomic E-state index is 11.7. The number of halogens is 1. The molecule has 0 saturated carbocycles. The third kappa shape index (κ3) is 3.25. The zero-order valence-electron chi connectivity index (χ0n) is 13.9. The van der Waals surface area contributed by atoms with Crippen LogP contribution in [0.25, 0.3) is 21.5 Å². The lowest BCUT2D eigenvalue weighted by atomic mass is 10.1. The van der Waals surface area contributed by atoms with Gasteiger partial charge in [-0.3, -0.25) is 4.79 Å². The molecule has 0 aliphatic rings. The summed E-state index contributed by atoms with van der Waals surface area (Å²) in [6.45, 7) is 4.73. The number of fused-ring (bicyclic) bond motifs is 1. The zero-order chi connectivity index (χ0) is 18.1. The Morgan fingerprint density at radius 1 is 1.36 bits per heavy atom. The number of carbonyl (C=O) groups excluding carboxylic acids is 1. The highest BCUT2D eigenvalue weighted by Gasteiger charge is 2.21. The van der Waals surface area contributed by atoms with Gasteiger partial charge in [-0.1, -0.05) is 24.6 Å². The van der Waals surface area contributed by atoms with Crippen molar-refractivity contribution in [1.82, 2.24) is 9.97 Å². The summed E-state index contributed by atoms with van der Waals surface area (Å²) in [6.07, 6.45) is 0.940. The van der Waals surface area contributed by atoms with Crippen molar-refractivity contribution in [3.8, 4) is 11.3 Å². The number of aryl methyl sites for hydroxylation is 1. The zero-order valence-corrected chi connectivity index (χ0v) is 15.5. The van der Waals surface area contributed by atoms with Crippen LogP contribution in [0.5, 0.6) is 0 Å². The van der Waals surface area contributed by atoms with Crippen molar-refractivity contribution in [3.63, 3.8) is 0 Å². The van der Waals surface area contributed by atoms with Crippen LogP contribution in [0.1, 0.15) is 28.6 Å². The first-order chi connectivity index (χ1) is 11.9. The predicted molar refractivity (Wildman–Crippen MR) is 104 cm³/mol. The Balaban J connectivity index is 2.29. The number of anilines is 2.